The summed E-state index contributed by atoms with van der Waals surface area (Å²) < 4.78 is 6.15. The molecule has 0 bridgehead atoms. The number of alkyl halides is 1. The highest BCUT2D eigenvalue weighted by molar-refractivity contribution is 6.18. The predicted molar refractivity (Wildman–Crippen MR) is 85.3 cm³/mol. The molecule has 1 nitrogen and oxygen atoms in total. The van der Waals surface area contributed by atoms with E-state index in [1.807, 2.05) is 24.3 Å². The molecular weight excluding hydrogens is 268 g/mol. The molecule has 0 heterocycles. The van der Waals surface area contributed by atoms with Crippen LogP contribution in [-0.2, 0) is 0 Å². The fourth-order valence-corrected chi connectivity index (χ4v) is 3.12. The van der Waals surface area contributed by atoms with Crippen molar-refractivity contribution in [2.45, 2.75) is 45.6 Å². The second kappa shape index (κ2) is 7.60. The van der Waals surface area contributed by atoms with Gasteiger partial charge >= 0.3 is 0 Å². The van der Waals surface area contributed by atoms with Crippen molar-refractivity contribution in [1.29, 1.82) is 0 Å². The van der Waals surface area contributed by atoms with Gasteiger partial charge in [0.2, 0.25) is 0 Å². The van der Waals surface area contributed by atoms with Crippen molar-refractivity contribution in [3.8, 4) is 17.6 Å². The Morgan fingerprint density at radius 2 is 1.95 bits per heavy atom. The molecule has 0 amide bonds. The van der Waals surface area contributed by atoms with Gasteiger partial charge in [0.15, 0.2) is 0 Å². The molecule has 2 unspecified atom stereocenters. The molecule has 20 heavy (non-hydrogen) atoms. The zero-order valence-electron chi connectivity index (χ0n) is 12.4. The number of rotatable bonds is 3. The summed E-state index contributed by atoms with van der Waals surface area (Å²) in [6, 6.07) is 8.08. The Labute approximate surface area is 127 Å². The first-order chi connectivity index (χ1) is 9.67. The summed E-state index contributed by atoms with van der Waals surface area (Å²) in [5, 5.41) is 0. The third-order valence-electron chi connectivity index (χ3n) is 3.72. The molecule has 0 aliphatic heterocycles. The van der Waals surface area contributed by atoms with Gasteiger partial charge in [-0.05, 0) is 49.3 Å². The van der Waals surface area contributed by atoms with Crippen LogP contribution >= 0.6 is 11.6 Å². The molecule has 0 N–H and O–H groups in total. The minimum absolute atomic E-state index is 0.347. The Kier molecular flexibility index (Phi) is 5.80. The van der Waals surface area contributed by atoms with Gasteiger partial charge < -0.3 is 4.74 Å². The largest absolute Gasteiger partial charge is 0.490 e. The Hall–Kier alpha value is -1.13. The molecule has 0 aromatic heterocycles. The summed E-state index contributed by atoms with van der Waals surface area (Å²) in [4.78, 5) is 0. The maximum absolute atomic E-state index is 6.15. The van der Waals surface area contributed by atoms with E-state index in [-0.39, 0.29) is 0 Å². The molecular formula is C18H23ClO. The van der Waals surface area contributed by atoms with Gasteiger partial charge in [-0.1, -0.05) is 31.8 Å². The van der Waals surface area contributed by atoms with Crippen LogP contribution in [0.2, 0.25) is 0 Å². The van der Waals surface area contributed by atoms with Crippen molar-refractivity contribution in [3.63, 3.8) is 0 Å². The average Bonchev–Trinajstić information content (AvgIpc) is 2.38. The van der Waals surface area contributed by atoms with E-state index in [0.29, 0.717) is 12.0 Å². The molecule has 0 saturated heterocycles. The van der Waals surface area contributed by atoms with E-state index in [1.54, 1.807) is 0 Å². The molecule has 1 aromatic rings. The highest BCUT2D eigenvalue weighted by Gasteiger charge is 2.25. The van der Waals surface area contributed by atoms with Crippen LogP contribution in [0.15, 0.2) is 24.3 Å². The maximum Gasteiger partial charge on any atom is 0.120 e. The quantitative estimate of drug-likeness (QED) is 0.570. The zero-order chi connectivity index (χ0) is 14.4. The van der Waals surface area contributed by atoms with Gasteiger partial charge in [0.1, 0.15) is 5.75 Å². The van der Waals surface area contributed by atoms with Gasteiger partial charge in [0, 0.05) is 17.9 Å². The first kappa shape index (κ1) is 15.3. The Morgan fingerprint density at radius 1 is 1.20 bits per heavy atom. The lowest BCUT2D eigenvalue weighted by atomic mass is 9.82. The molecule has 0 spiro atoms. The van der Waals surface area contributed by atoms with E-state index < -0.39 is 0 Å². The Balaban J connectivity index is 1.99. The van der Waals surface area contributed by atoms with Gasteiger partial charge in [-0.25, -0.2) is 0 Å². The molecule has 2 heteroatoms. The first-order valence-electron chi connectivity index (χ1n) is 7.49. The van der Waals surface area contributed by atoms with Gasteiger partial charge in [-0.15, -0.1) is 11.6 Å². The molecule has 0 radical (unpaired) electrons. The smallest absolute Gasteiger partial charge is 0.120 e. The van der Waals surface area contributed by atoms with Crippen LogP contribution in [-0.4, -0.2) is 12.0 Å². The average molecular weight is 291 g/mol. The zero-order valence-corrected chi connectivity index (χ0v) is 13.1. The summed E-state index contributed by atoms with van der Waals surface area (Å²) >= 11 is 5.63. The second-order valence-corrected chi connectivity index (χ2v) is 6.30. The maximum atomic E-state index is 6.15. The van der Waals surface area contributed by atoms with Crippen LogP contribution in [0.5, 0.6) is 5.75 Å². The van der Waals surface area contributed by atoms with E-state index in [0.717, 1.165) is 42.4 Å². The van der Waals surface area contributed by atoms with Crippen LogP contribution in [0.1, 0.15) is 45.1 Å². The van der Waals surface area contributed by atoms with Crippen molar-refractivity contribution in [2.24, 2.45) is 11.8 Å². The monoisotopic (exact) mass is 290 g/mol. The van der Waals surface area contributed by atoms with Crippen molar-refractivity contribution in [2.75, 3.05) is 5.88 Å². The lowest BCUT2D eigenvalue weighted by Gasteiger charge is -2.31. The highest BCUT2D eigenvalue weighted by atomic mass is 35.5. The third-order valence-corrected chi connectivity index (χ3v) is 3.91. The molecule has 1 aliphatic rings. The fraction of sp³-hybridized carbons (Fsp3) is 0.556. The highest BCUT2D eigenvalue weighted by Crippen LogP contribution is 2.31. The summed E-state index contributed by atoms with van der Waals surface area (Å²) in [7, 11) is 0. The van der Waals surface area contributed by atoms with Gasteiger partial charge in [0.05, 0.1) is 6.10 Å². The molecule has 2 atom stereocenters. The van der Waals surface area contributed by atoms with E-state index in [1.165, 1.54) is 6.42 Å². The van der Waals surface area contributed by atoms with Crippen LogP contribution in [0.25, 0.3) is 0 Å². The molecule has 2 rings (SSSR count). The minimum atomic E-state index is 0.347. The lowest BCUT2D eigenvalue weighted by molar-refractivity contribution is 0.101. The first-order valence-corrected chi connectivity index (χ1v) is 8.02. The predicted octanol–water partition coefficient (Wildman–Crippen LogP) is 4.87. The van der Waals surface area contributed by atoms with E-state index in [2.05, 4.69) is 25.7 Å². The number of ether oxygens (including phenoxy) is 1. The molecule has 1 fully saturated rings. The van der Waals surface area contributed by atoms with Gasteiger partial charge in [-0.3, -0.25) is 0 Å². The fourth-order valence-electron chi connectivity index (χ4n) is 3.02. The number of benzene rings is 1. The van der Waals surface area contributed by atoms with Crippen LogP contribution < -0.4 is 4.74 Å². The Morgan fingerprint density at radius 3 is 2.65 bits per heavy atom. The molecule has 1 aliphatic carbocycles. The van der Waals surface area contributed by atoms with Gasteiger partial charge in [0.25, 0.3) is 0 Å². The number of halogens is 1. The second-order valence-electron chi connectivity index (χ2n) is 5.93. The van der Waals surface area contributed by atoms with Crippen molar-refractivity contribution < 1.29 is 4.74 Å². The SMILES string of the molecule is CC1CC(C)CC(Oc2cccc(C#CCCCl)c2)C1. The number of hydrogen-bond donors (Lipinski definition) is 0. The summed E-state index contributed by atoms with van der Waals surface area (Å²) in [6.45, 7) is 4.64. The summed E-state index contributed by atoms with van der Waals surface area (Å²) in [5.41, 5.74) is 1.00. The van der Waals surface area contributed by atoms with E-state index in [9.17, 15) is 0 Å². The lowest BCUT2D eigenvalue weighted by Crippen LogP contribution is -2.28. The van der Waals surface area contributed by atoms with E-state index >= 15 is 0 Å². The van der Waals surface area contributed by atoms with Crippen molar-refractivity contribution >= 4 is 11.6 Å². The Bertz CT molecular complexity index is 476. The van der Waals surface area contributed by atoms with Crippen LogP contribution in [0.3, 0.4) is 0 Å². The molecule has 1 aromatic carbocycles. The van der Waals surface area contributed by atoms with Gasteiger partial charge in [-0.2, -0.15) is 0 Å². The topological polar surface area (TPSA) is 9.23 Å². The molecule has 108 valence electrons. The summed E-state index contributed by atoms with van der Waals surface area (Å²) in [6.07, 6.45) is 4.72. The molecule has 1 saturated carbocycles. The number of hydrogen-bond acceptors (Lipinski definition) is 1. The van der Waals surface area contributed by atoms with Crippen molar-refractivity contribution in [1.82, 2.24) is 0 Å². The third kappa shape index (κ3) is 4.76. The van der Waals surface area contributed by atoms with E-state index in [4.69, 9.17) is 16.3 Å². The standard InChI is InChI=1S/C18H23ClO/c1-14-10-15(2)12-18(11-14)20-17-8-5-7-16(13-17)6-3-4-9-19/h5,7-8,13-15,18H,4,9-12H2,1-2H3. The normalized spacial score (nSPS) is 25.6. The van der Waals surface area contributed by atoms with Crippen LogP contribution in [0.4, 0.5) is 0 Å². The summed E-state index contributed by atoms with van der Waals surface area (Å²) in [5.74, 6) is 9.23. The van der Waals surface area contributed by atoms with Crippen LogP contribution in [0, 0.1) is 23.7 Å². The minimum Gasteiger partial charge on any atom is -0.490 e. The van der Waals surface area contributed by atoms with Crippen molar-refractivity contribution in [3.05, 3.63) is 29.8 Å².